The monoisotopic (exact) mass is 510 g/mol. The molecule has 0 aliphatic carbocycles. The summed E-state index contributed by atoms with van der Waals surface area (Å²) in [5.74, 6) is 1.28. The Hall–Kier alpha value is -3.62. The fraction of sp³-hybridized carbons (Fsp3) is 0.296. The average molecular weight is 511 g/mol. The third kappa shape index (κ3) is 7.96. The van der Waals surface area contributed by atoms with Gasteiger partial charge in [0.2, 0.25) is 5.91 Å². The van der Waals surface area contributed by atoms with Crippen LogP contribution in [0.25, 0.3) is 0 Å². The molecule has 1 heterocycles. The molecule has 3 rings (SSSR count). The van der Waals surface area contributed by atoms with E-state index in [0.29, 0.717) is 47.4 Å². The Morgan fingerprint density at radius 2 is 1.81 bits per heavy atom. The second-order valence-corrected chi connectivity index (χ2v) is 8.91. The lowest BCUT2D eigenvalue weighted by atomic mass is 10.1. The van der Waals surface area contributed by atoms with E-state index in [9.17, 15) is 9.59 Å². The van der Waals surface area contributed by atoms with Gasteiger partial charge in [-0.15, -0.1) is 0 Å². The van der Waals surface area contributed by atoms with E-state index in [1.807, 2.05) is 56.3 Å². The smallest absolute Gasteiger partial charge is 0.269 e. The second-order valence-electron chi connectivity index (χ2n) is 8.50. The first kappa shape index (κ1) is 27.0. The van der Waals surface area contributed by atoms with Crippen molar-refractivity contribution in [1.82, 2.24) is 15.2 Å². The highest BCUT2D eigenvalue weighted by Crippen LogP contribution is 2.31. The molecule has 36 heavy (non-hydrogen) atoms. The Bertz CT molecular complexity index is 1200. The van der Waals surface area contributed by atoms with Gasteiger partial charge in [0.15, 0.2) is 0 Å². The number of likely N-dealkylation sites (N-methyl/N-ethyl adjacent to an activating group) is 1. The Labute approximate surface area is 216 Å². The topological polar surface area (TPSA) is 92.8 Å². The number of nitrogens with zero attached hydrogens (tertiary/aromatic N) is 2. The van der Waals surface area contributed by atoms with Crippen LogP contribution < -0.4 is 20.1 Å². The SMILES string of the molecule is CNC(=O)c1cc(Oc2ccc(CCC(=O)Nc3cc(C)c(Cl)cc3OCCN(C)C)cc2)ccn1. The number of halogens is 1. The lowest BCUT2D eigenvalue weighted by molar-refractivity contribution is -0.116. The van der Waals surface area contributed by atoms with Crippen LogP contribution in [-0.4, -0.2) is 56.0 Å². The first-order valence-electron chi connectivity index (χ1n) is 11.6. The average Bonchev–Trinajstić information content (AvgIpc) is 2.86. The highest BCUT2D eigenvalue weighted by Gasteiger charge is 2.12. The van der Waals surface area contributed by atoms with Crippen LogP contribution in [-0.2, 0) is 11.2 Å². The molecule has 2 N–H and O–H groups in total. The molecule has 0 aliphatic rings. The number of benzene rings is 2. The maximum absolute atomic E-state index is 12.7. The predicted molar refractivity (Wildman–Crippen MR) is 141 cm³/mol. The number of rotatable bonds is 11. The number of hydrogen-bond acceptors (Lipinski definition) is 6. The molecule has 9 heteroatoms. The predicted octanol–water partition coefficient (Wildman–Crippen LogP) is 4.71. The van der Waals surface area contributed by atoms with Crippen molar-refractivity contribution in [2.45, 2.75) is 19.8 Å². The number of nitrogens with one attached hydrogen (secondary N) is 2. The first-order chi connectivity index (χ1) is 17.2. The molecule has 0 fully saturated rings. The van der Waals surface area contributed by atoms with E-state index in [2.05, 4.69) is 15.6 Å². The summed E-state index contributed by atoms with van der Waals surface area (Å²) in [6.45, 7) is 3.11. The van der Waals surface area contributed by atoms with Gasteiger partial charge < -0.3 is 25.0 Å². The summed E-state index contributed by atoms with van der Waals surface area (Å²) in [5.41, 5.74) is 2.74. The Kier molecular flexibility index (Phi) is 9.67. The van der Waals surface area contributed by atoms with Crippen molar-refractivity contribution in [3.05, 3.63) is 76.6 Å². The summed E-state index contributed by atoms with van der Waals surface area (Å²) in [6, 6.07) is 14.3. The van der Waals surface area contributed by atoms with Crippen LogP contribution in [0, 0.1) is 6.92 Å². The maximum Gasteiger partial charge on any atom is 0.269 e. The summed E-state index contributed by atoms with van der Waals surface area (Å²) in [4.78, 5) is 30.5. The van der Waals surface area contributed by atoms with Crippen molar-refractivity contribution >= 4 is 29.1 Å². The van der Waals surface area contributed by atoms with Gasteiger partial charge in [-0.3, -0.25) is 14.6 Å². The minimum absolute atomic E-state index is 0.118. The van der Waals surface area contributed by atoms with Gasteiger partial charge in [0.05, 0.1) is 5.69 Å². The molecule has 8 nitrogen and oxygen atoms in total. The zero-order chi connectivity index (χ0) is 26.1. The van der Waals surface area contributed by atoms with Gasteiger partial charge in [-0.2, -0.15) is 0 Å². The van der Waals surface area contributed by atoms with Crippen LogP contribution >= 0.6 is 11.6 Å². The quantitative estimate of drug-likeness (QED) is 0.388. The number of carbonyl (C=O) groups is 2. The highest BCUT2D eigenvalue weighted by molar-refractivity contribution is 6.31. The number of pyridine rings is 1. The molecule has 1 aromatic heterocycles. The van der Waals surface area contributed by atoms with Crippen molar-refractivity contribution in [2.24, 2.45) is 0 Å². The van der Waals surface area contributed by atoms with Crippen molar-refractivity contribution in [3.8, 4) is 17.2 Å². The van der Waals surface area contributed by atoms with Gasteiger partial charge in [-0.1, -0.05) is 23.7 Å². The van der Waals surface area contributed by atoms with Crippen molar-refractivity contribution < 1.29 is 19.1 Å². The van der Waals surface area contributed by atoms with Crippen molar-refractivity contribution in [3.63, 3.8) is 0 Å². The third-order valence-electron chi connectivity index (χ3n) is 5.32. The van der Waals surface area contributed by atoms with Gasteiger partial charge in [-0.25, -0.2) is 0 Å². The molecule has 0 saturated carbocycles. The molecule has 2 amide bonds. The Morgan fingerprint density at radius 1 is 1.06 bits per heavy atom. The van der Waals surface area contributed by atoms with E-state index in [4.69, 9.17) is 21.1 Å². The van der Waals surface area contributed by atoms with Gasteiger partial charge in [0.1, 0.15) is 29.5 Å². The summed E-state index contributed by atoms with van der Waals surface area (Å²) < 4.78 is 11.7. The van der Waals surface area contributed by atoms with E-state index in [-0.39, 0.29) is 17.5 Å². The molecule has 0 atom stereocenters. The van der Waals surface area contributed by atoms with E-state index in [1.54, 1.807) is 25.2 Å². The van der Waals surface area contributed by atoms with Gasteiger partial charge in [0, 0.05) is 43.4 Å². The van der Waals surface area contributed by atoms with E-state index >= 15 is 0 Å². The number of aryl methyl sites for hydroxylation is 2. The van der Waals surface area contributed by atoms with E-state index in [1.165, 1.54) is 6.20 Å². The number of carbonyl (C=O) groups excluding carboxylic acids is 2. The molecule has 0 saturated heterocycles. The molecule has 0 bridgehead atoms. The van der Waals surface area contributed by atoms with Crippen molar-refractivity contribution in [1.29, 1.82) is 0 Å². The molecular formula is C27H31ClN4O4. The van der Waals surface area contributed by atoms with Gasteiger partial charge in [0.25, 0.3) is 5.91 Å². The van der Waals surface area contributed by atoms with E-state index < -0.39 is 0 Å². The number of aromatic nitrogens is 1. The van der Waals surface area contributed by atoms with E-state index in [0.717, 1.165) is 17.7 Å². The number of hydrogen-bond donors (Lipinski definition) is 2. The number of ether oxygens (including phenoxy) is 2. The first-order valence-corrected chi connectivity index (χ1v) is 12.0. The normalized spacial score (nSPS) is 10.7. The summed E-state index contributed by atoms with van der Waals surface area (Å²) in [7, 11) is 5.48. The molecule has 0 aliphatic heterocycles. The minimum atomic E-state index is -0.282. The van der Waals surface area contributed by atoms with Crippen LogP contribution in [0.15, 0.2) is 54.7 Å². The zero-order valence-corrected chi connectivity index (χ0v) is 21.7. The maximum atomic E-state index is 12.7. The lowest BCUT2D eigenvalue weighted by Gasteiger charge is -2.16. The highest BCUT2D eigenvalue weighted by atomic mass is 35.5. The van der Waals surface area contributed by atoms with Crippen LogP contribution in [0.5, 0.6) is 17.2 Å². The van der Waals surface area contributed by atoms with Crippen LogP contribution in [0.1, 0.15) is 28.0 Å². The third-order valence-corrected chi connectivity index (χ3v) is 5.73. The number of anilines is 1. The molecule has 190 valence electrons. The molecule has 0 unspecified atom stereocenters. The Balaban J connectivity index is 1.56. The fourth-order valence-corrected chi connectivity index (χ4v) is 3.43. The summed E-state index contributed by atoms with van der Waals surface area (Å²) in [6.07, 6.45) is 2.39. The van der Waals surface area contributed by atoms with Crippen LogP contribution in [0.3, 0.4) is 0 Å². The second kappa shape index (κ2) is 12.9. The largest absolute Gasteiger partial charge is 0.490 e. The number of amides is 2. The molecule has 2 aromatic carbocycles. The molecule has 3 aromatic rings. The summed E-state index contributed by atoms with van der Waals surface area (Å²) >= 11 is 6.26. The molecular weight excluding hydrogens is 480 g/mol. The van der Waals surface area contributed by atoms with Gasteiger partial charge >= 0.3 is 0 Å². The van der Waals surface area contributed by atoms with Crippen LogP contribution in [0.4, 0.5) is 5.69 Å². The molecule has 0 radical (unpaired) electrons. The lowest BCUT2D eigenvalue weighted by Crippen LogP contribution is -2.20. The fourth-order valence-electron chi connectivity index (χ4n) is 3.28. The van der Waals surface area contributed by atoms with Crippen molar-refractivity contribution in [2.75, 3.05) is 39.6 Å². The zero-order valence-electron chi connectivity index (χ0n) is 20.9. The van der Waals surface area contributed by atoms with Crippen LogP contribution in [0.2, 0.25) is 5.02 Å². The van der Waals surface area contributed by atoms with Gasteiger partial charge in [-0.05, 0) is 62.8 Å². The molecule has 0 spiro atoms. The standard InChI is InChI=1S/C27H31ClN4O4/c1-18-15-23(25(17-22(18)28)35-14-13-32(3)4)31-26(33)10-7-19-5-8-20(9-6-19)36-21-11-12-30-24(16-21)27(34)29-2/h5-6,8-9,11-12,15-17H,7,10,13-14H2,1-4H3,(H,29,34)(H,31,33). The Morgan fingerprint density at radius 3 is 2.50 bits per heavy atom. The summed E-state index contributed by atoms with van der Waals surface area (Å²) in [5, 5.41) is 6.08. The minimum Gasteiger partial charge on any atom is -0.490 e.